The quantitative estimate of drug-likeness (QED) is 0.696. The lowest BCUT2D eigenvalue weighted by atomic mass is 9.96. The lowest BCUT2D eigenvalue weighted by Crippen LogP contribution is -1.91. The molecule has 2 rings (SSSR count). The predicted octanol–water partition coefficient (Wildman–Crippen LogP) is 4.55. The third-order valence-electron chi connectivity index (χ3n) is 3.25. The van der Waals surface area contributed by atoms with Crippen LogP contribution in [0, 0.1) is 13.8 Å². The molecular weight excluding hydrogens is 218 g/mol. The molecule has 2 aromatic rings. The molecule has 0 spiro atoms. The Balaban J connectivity index is 2.64. The molecule has 0 unspecified atom stereocenters. The van der Waals surface area contributed by atoms with E-state index >= 15 is 0 Å². The molecular formula is C17H17N. The van der Waals surface area contributed by atoms with Crippen LogP contribution in [-0.2, 0) is 0 Å². The summed E-state index contributed by atoms with van der Waals surface area (Å²) in [6, 6.07) is 10.5. The van der Waals surface area contributed by atoms with Gasteiger partial charge in [-0.25, -0.2) is 0 Å². The van der Waals surface area contributed by atoms with Gasteiger partial charge in [-0.3, -0.25) is 4.98 Å². The monoisotopic (exact) mass is 235 g/mol. The van der Waals surface area contributed by atoms with E-state index in [2.05, 4.69) is 42.4 Å². The fourth-order valence-electron chi connectivity index (χ4n) is 1.95. The van der Waals surface area contributed by atoms with E-state index in [1.807, 2.05) is 32.2 Å². The third kappa shape index (κ3) is 2.27. The van der Waals surface area contributed by atoms with Crippen LogP contribution in [0.4, 0.5) is 0 Å². The van der Waals surface area contributed by atoms with Crippen LogP contribution in [0.1, 0.15) is 23.7 Å². The van der Waals surface area contributed by atoms with Gasteiger partial charge in [-0.2, -0.15) is 0 Å². The van der Waals surface area contributed by atoms with E-state index in [4.69, 9.17) is 0 Å². The van der Waals surface area contributed by atoms with Crippen molar-refractivity contribution in [3.8, 4) is 11.1 Å². The van der Waals surface area contributed by atoms with E-state index in [-0.39, 0.29) is 0 Å². The van der Waals surface area contributed by atoms with Crippen molar-refractivity contribution in [2.24, 2.45) is 0 Å². The highest BCUT2D eigenvalue weighted by molar-refractivity contribution is 5.80. The highest BCUT2D eigenvalue weighted by Crippen LogP contribution is 2.28. The summed E-state index contributed by atoms with van der Waals surface area (Å²) in [5, 5.41) is 0. The second-order valence-electron chi connectivity index (χ2n) is 4.47. The fraction of sp³-hybridized carbons (Fsp3) is 0.176. The van der Waals surface area contributed by atoms with Gasteiger partial charge in [-0.05, 0) is 49.1 Å². The lowest BCUT2D eigenvalue weighted by molar-refractivity contribution is 1.15. The summed E-state index contributed by atoms with van der Waals surface area (Å²) in [5.74, 6) is 0. The molecule has 90 valence electrons. The minimum atomic E-state index is 1.06. The van der Waals surface area contributed by atoms with E-state index in [0.717, 1.165) is 22.4 Å². The molecule has 1 heteroatoms. The summed E-state index contributed by atoms with van der Waals surface area (Å²) in [7, 11) is 0. The maximum absolute atomic E-state index is 4.44. The van der Waals surface area contributed by atoms with Gasteiger partial charge in [0.15, 0.2) is 0 Å². The molecule has 0 N–H and O–H groups in total. The number of aromatic nitrogens is 1. The number of allylic oxidation sites excluding steroid dienone is 1. The molecule has 1 nitrogen and oxygen atoms in total. The van der Waals surface area contributed by atoms with Crippen molar-refractivity contribution in [2.75, 3.05) is 0 Å². The summed E-state index contributed by atoms with van der Waals surface area (Å²) >= 11 is 0. The van der Waals surface area contributed by atoms with E-state index in [1.54, 1.807) is 0 Å². The van der Waals surface area contributed by atoms with Crippen molar-refractivity contribution < 1.29 is 0 Å². The number of nitrogens with zero attached hydrogens (tertiary/aromatic N) is 1. The summed E-state index contributed by atoms with van der Waals surface area (Å²) < 4.78 is 0. The number of benzene rings is 1. The first-order valence-corrected chi connectivity index (χ1v) is 6.03. The number of aryl methyl sites for hydroxylation is 2. The van der Waals surface area contributed by atoms with Crippen LogP contribution < -0.4 is 0 Å². The van der Waals surface area contributed by atoms with Crippen LogP contribution >= 0.6 is 0 Å². The SMILES string of the molecule is C=C=C(C)c1ccccc1-c1cnc(C)c(C)c1. The van der Waals surface area contributed by atoms with E-state index < -0.39 is 0 Å². The molecule has 0 atom stereocenters. The molecule has 0 fully saturated rings. The van der Waals surface area contributed by atoms with Crippen molar-refractivity contribution in [3.63, 3.8) is 0 Å². The first kappa shape index (κ1) is 12.3. The van der Waals surface area contributed by atoms with Gasteiger partial charge < -0.3 is 0 Å². The zero-order chi connectivity index (χ0) is 13.1. The molecule has 1 aromatic heterocycles. The predicted molar refractivity (Wildman–Crippen MR) is 77.4 cm³/mol. The average Bonchev–Trinajstić information content (AvgIpc) is 2.41. The second kappa shape index (κ2) is 5.03. The molecule has 0 radical (unpaired) electrons. The maximum Gasteiger partial charge on any atom is 0.0402 e. The van der Waals surface area contributed by atoms with Crippen molar-refractivity contribution >= 4 is 5.57 Å². The van der Waals surface area contributed by atoms with Gasteiger partial charge in [0.05, 0.1) is 0 Å². The smallest absolute Gasteiger partial charge is 0.0402 e. The summed E-state index contributed by atoms with van der Waals surface area (Å²) in [6.07, 6.45) is 1.93. The van der Waals surface area contributed by atoms with Crippen LogP contribution in [0.3, 0.4) is 0 Å². The van der Waals surface area contributed by atoms with Gasteiger partial charge in [0.25, 0.3) is 0 Å². The van der Waals surface area contributed by atoms with Crippen LogP contribution in [0.2, 0.25) is 0 Å². The van der Waals surface area contributed by atoms with Crippen LogP contribution in [0.15, 0.2) is 48.8 Å². The van der Waals surface area contributed by atoms with Gasteiger partial charge in [0, 0.05) is 17.5 Å². The van der Waals surface area contributed by atoms with Gasteiger partial charge in [-0.15, -0.1) is 5.73 Å². The zero-order valence-corrected chi connectivity index (χ0v) is 11.1. The van der Waals surface area contributed by atoms with E-state index in [9.17, 15) is 0 Å². The molecule has 0 amide bonds. The highest BCUT2D eigenvalue weighted by atomic mass is 14.7. The number of hydrogen-bond donors (Lipinski definition) is 0. The molecule has 0 bridgehead atoms. The van der Waals surface area contributed by atoms with Crippen LogP contribution in [0.5, 0.6) is 0 Å². The standard InChI is InChI=1S/C17H17N/c1-5-12(2)16-8-6-7-9-17(16)15-10-13(3)14(4)18-11-15/h6-11H,1H2,2-4H3. The Morgan fingerprint density at radius 1 is 1.22 bits per heavy atom. The first-order chi connectivity index (χ1) is 8.63. The second-order valence-corrected chi connectivity index (χ2v) is 4.47. The Bertz CT molecular complexity index is 632. The Hall–Kier alpha value is -2.11. The Labute approximate surface area is 109 Å². The lowest BCUT2D eigenvalue weighted by Gasteiger charge is -2.10. The van der Waals surface area contributed by atoms with Crippen molar-refractivity contribution in [2.45, 2.75) is 20.8 Å². The zero-order valence-electron chi connectivity index (χ0n) is 11.1. The molecule has 0 aliphatic heterocycles. The molecule has 0 aliphatic rings. The summed E-state index contributed by atoms with van der Waals surface area (Å²) in [6.45, 7) is 9.87. The van der Waals surface area contributed by atoms with Crippen molar-refractivity contribution in [1.82, 2.24) is 4.98 Å². The Morgan fingerprint density at radius 2 is 1.94 bits per heavy atom. The van der Waals surface area contributed by atoms with Gasteiger partial charge >= 0.3 is 0 Å². The number of pyridine rings is 1. The molecule has 0 saturated carbocycles. The van der Waals surface area contributed by atoms with E-state index in [0.29, 0.717) is 0 Å². The molecule has 0 saturated heterocycles. The maximum atomic E-state index is 4.44. The Morgan fingerprint density at radius 3 is 2.61 bits per heavy atom. The van der Waals surface area contributed by atoms with E-state index in [1.165, 1.54) is 11.1 Å². The average molecular weight is 235 g/mol. The molecule has 1 aromatic carbocycles. The molecule has 0 aliphatic carbocycles. The molecule has 1 heterocycles. The minimum absolute atomic E-state index is 1.06. The summed E-state index contributed by atoms with van der Waals surface area (Å²) in [5.41, 5.74) is 9.80. The van der Waals surface area contributed by atoms with Gasteiger partial charge in [0.2, 0.25) is 0 Å². The number of rotatable bonds is 2. The largest absolute Gasteiger partial charge is 0.261 e. The first-order valence-electron chi connectivity index (χ1n) is 6.03. The minimum Gasteiger partial charge on any atom is -0.261 e. The van der Waals surface area contributed by atoms with Crippen molar-refractivity contribution in [3.05, 3.63) is 65.7 Å². The normalized spacial score (nSPS) is 9.94. The highest BCUT2D eigenvalue weighted by Gasteiger charge is 2.07. The third-order valence-corrected chi connectivity index (χ3v) is 3.25. The van der Waals surface area contributed by atoms with Crippen LogP contribution in [0.25, 0.3) is 16.7 Å². The van der Waals surface area contributed by atoms with Gasteiger partial charge in [-0.1, -0.05) is 30.8 Å². The Kier molecular flexibility index (Phi) is 3.45. The van der Waals surface area contributed by atoms with Crippen molar-refractivity contribution in [1.29, 1.82) is 0 Å². The van der Waals surface area contributed by atoms with Crippen LogP contribution in [-0.4, -0.2) is 4.98 Å². The fourth-order valence-corrected chi connectivity index (χ4v) is 1.95. The molecule has 18 heavy (non-hydrogen) atoms. The topological polar surface area (TPSA) is 12.9 Å². The summed E-state index contributed by atoms with van der Waals surface area (Å²) in [4.78, 5) is 4.44. The number of hydrogen-bond acceptors (Lipinski definition) is 1. The van der Waals surface area contributed by atoms with Gasteiger partial charge in [0.1, 0.15) is 0 Å².